The molecule has 1 saturated heterocycles. The highest BCUT2D eigenvalue weighted by Gasteiger charge is 2.67. The molecule has 2 aliphatic heterocycles. The first kappa shape index (κ1) is 20.8. The summed E-state index contributed by atoms with van der Waals surface area (Å²) in [4.78, 5) is 13.1. The Balaban J connectivity index is 1.05. The number of hydrogen-bond acceptors (Lipinski definition) is 6. The number of rotatable bonds is 6. The summed E-state index contributed by atoms with van der Waals surface area (Å²) < 4.78 is 7.56. The molecule has 3 aliphatic carbocycles. The molecular formula is C26H34N6O2. The summed E-state index contributed by atoms with van der Waals surface area (Å²) in [6.07, 6.45) is 7.13. The summed E-state index contributed by atoms with van der Waals surface area (Å²) in [5.74, 6) is 4.30. The summed E-state index contributed by atoms with van der Waals surface area (Å²) in [6.45, 7) is 3.03. The lowest BCUT2D eigenvalue weighted by atomic mass is 9.74. The lowest BCUT2D eigenvalue weighted by Gasteiger charge is -2.34. The Hall–Kier alpha value is -2.58. The van der Waals surface area contributed by atoms with Crippen LogP contribution in [0.3, 0.4) is 0 Å². The van der Waals surface area contributed by atoms with Gasteiger partial charge < -0.3 is 15.4 Å². The van der Waals surface area contributed by atoms with E-state index in [4.69, 9.17) is 9.84 Å². The fourth-order valence-electron chi connectivity index (χ4n) is 7.05. The van der Waals surface area contributed by atoms with E-state index >= 15 is 0 Å². The number of hydrogen-bond donors (Lipinski definition) is 4. The summed E-state index contributed by atoms with van der Waals surface area (Å²) in [5.41, 5.74) is 10.1. The number of aryl methyl sites for hydroxylation is 1. The lowest BCUT2D eigenvalue weighted by molar-refractivity contribution is -0.118. The van der Waals surface area contributed by atoms with Crippen LogP contribution in [0.5, 0.6) is 5.75 Å². The predicted octanol–water partition coefficient (Wildman–Crippen LogP) is 3.33. The fraction of sp³-hybridized carbons (Fsp3) is 0.615. The van der Waals surface area contributed by atoms with Crippen molar-refractivity contribution in [1.82, 2.24) is 20.6 Å². The molecule has 7 rings (SSSR count). The molecule has 1 aromatic carbocycles. The Kier molecular flexibility index (Phi) is 4.55. The van der Waals surface area contributed by atoms with Gasteiger partial charge >= 0.3 is 0 Å². The maximum atomic E-state index is 13.1. The minimum absolute atomic E-state index is 0.180. The molecule has 6 atom stereocenters. The molecule has 4 fully saturated rings. The van der Waals surface area contributed by atoms with E-state index in [0.717, 1.165) is 48.6 Å². The van der Waals surface area contributed by atoms with Gasteiger partial charge in [0.1, 0.15) is 11.6 Å². The number of aromatic nitrogens is 2. The van der Waals surface area contributed by atoms with E-state index in [-0.39, 0.29) is 17.5 Å². The van der Waals surface area contributed by atoms with Crippen molar-refractivity contribution in [3.05, 3.63) is 35.5 Å². The van der Waals surface area contributed by atoms with Gasteiger partial charge in [-0.1, -0.05) is 0 Å². The third kappa shape index (κ3) is 3.04. The van der Waals surface area contributed by atoms with Gasteiger partial charge in [0.25, 0.3) is 0 Å². The van der Waals surface area contributed by atoms with Crippen LogP contribution in [-0.2, 0) is 16.8 Å². The Morgan fingerprint density at radius 1 is 1.21 bits per heavy atom. The van der Waals surface area contributed by atoms with Crippen LogP contribution in [0.25, 0.3) is 0 Å². The van der Waals surface area contributed by atoms with E-state index in [1.54, 1.807) is 7.11 Å². The van der Waals surface area contributed by atoms with Crippen molar-refractivity contribution in [3.8, 4) is 5.75 Å². The second-order valence-electron chi connectivity index (χ2n) is 10.9. The zero-order valence-corrected chi connectivity index (χ0v) is 19.9. The van der Waals surface area contributed by atoms with Crippen LogP contribution in [0.4, 0.5) is 11.5 Å². The Labute approximate surface area is 200 Å². The molecular weight excluding hydrogens is 428 g/mol. The number of benzene rings is 1. The zero-order chi connectivity index (χ0) is 23.0. The van der Waals surface area contributed by atoms with Crippen molar-refractivity contribution >= 4 is 17.4 Å². The molecule has 1 amide bonds. The summed E-state index contributed by atoms with van der Waals surface area (Å²) in [6, 6.07) is 8.66. The van der Waals surface area contributed by atoms with Gasteiger partial charge in [-0.3, -0.25) is 10.2 Å². The van der Waals surface area contributed by atoms with Gasteiger partial charge in [0.2, 0.25) is 5.91 Å². The maximum absolute atomic E-state index is 13.1. The molecule has 2 aromatic rings. The maximum Gasteiger partial charge on any atom is 0.235 e. The van der Waals surface area contributed by atoms with Crippen molar-refractivity contribution in [3.63, 3.8) is 0 Å². The van der Waals surface area contributed by atoms with Crippen LogP contribution < -0.4 is 26.2 Å². The Morgan fingerprint density at radius 2 is 2.09 bits per heavy atom. The van der Waals surface area contributed by atoms with Crippen LogP contribution in [0.1, 0.15) is 62.6 Å². The highest BCUT2D eigenvalue weighted by molar-refractivity contribution is 6.09. The van der Waals surface area contributed by atoms with Crippen LogP contribution in [0.15, 0.2) is 24.3 Å². The number of nitrogens with one attached hydrogen (secondary N) is 4. The van der Waals surface area contributed by atoms with Gasteiger partial charge in [0, 0.05) is 36.2 Å². The molecule has 34 heavy (non-hydrogen) atoms. The fourth-order valence-corrected chi connectivity index (χ4v) is 7.05. The smallest absolute Gasteiger partial charge is 0.235 e. The molecule has 8 nitrogen and oxygen atoms in total. The largest absolute Gasteiger partial charge is 0.497 e. The Morgan fingerprint density at radius 3 is 2.88 bits per heavy atom. The van der Waals surface area contributed by atoms with E-state index in [1.165, 1.54) is 25.0 Å². The molecule has 3 saturated carbocycles. The molecule has 3 heterocycles. The number of nitrogens with zero attached hydrogens (tertiary/aromatic N) is 2. The third-order valence-electron chi connectivity index (χ3n) is 9.14. The number of amides is 1. The minimum Gasteiger partial charge on any atom is -0.497 e. The summed E-state index contributed by atoms with van der Waals surface area (Å²) in [7, 11) is 1.69. The molecule has 8 heteroatoms. The second kappa shape index (κ2) is 7.46. The van der Waals surface area contributed by atoms with Crippen LogP contribution in [-0.4, -0.2) is 35.0 Å². The average molecular weight is 463 g/mol. The lowest BCUT2D eigenvalue weighted by Crippen LogP contribution is -2.39. The molecule has 5 aliphatic rings. The Bertz CT molecular complexity index is 1140. The van der Waals surface area contributed by atoms with Crippen molar-refractivity contribution in [2.24, 2.45) is 17.8 Å². The third-order valence-corrected chi connectivity index (χ3v) is 9.14. The number of methoxy groups -OCH3 is 1. The van der Waals surface area contributed by atoms with E-state index < -0.39 is 0 Å². The van der Waals surface area contributed by atoms with Gasteiger partial charge in [-0.25, -0.2) is 10.1 Å². The van der Waals surface area contributed by atoms with Gasteiger partial charge in [-0.05, 0) is 81.0 Å². The number of fused-ring (bicyclic) bond motifs is 3. The zero-order valence-electron chi connectivity index (χ0n) is 19.9. The van der Waals surface area contributed by atoms with Gasteiger partial charge in [-0.15, -0.1) is 0 Å². The number of hydrazine groups is 1. The van der Waals surface area contributed by atoms with Crippen LogP contribution in [0, 0.1) is 17.8 Å². The van der Waals surface area contributed by atoms with Gasteiger partial charge in [-0.2, -0.15) is 5.10 Å². The van der Waals surface area contributed by atoms with E-state index in [2.05, 4.69) is 45.2 Å². The standard InChI is InChI=1S/C26H34N6O2/c1-3-32-23(12-21(31-32)14-4-5-14)28-24-17-8-6-15(10-22(17)29-30-24)19-13-26(19)18-11-16(34-2)7-9-20(18)27-25(26)33/h7,9,11-12,14-15,17,19,22,24,28-30H,3-6,8,10,13H2,1-2H3,(H,27,33)/t15?,17?,19-,22?,24?,26-/m0/s1. The number of carbonyl (C=O) groups excluding carboxylic acids is 1. The highest BCUT2D eigenvalue weighted by atomic mass is 16.5. The topological polar surface area (TPSA) is 92.2 Å². The molecule has 4 unspecified atom stereocenters. The van der Waals surface area contributed by atoms with E-state index in [0.29, 0.717) is 29.7 Å². The molecule has 1 spiro atoms. The minimum atomic E-state index is -0.349. The average Bonchev–Trinajstić information content (AvgIpc) is 3.74. The number of anilines is 2. The van der Waals surface area contributed by atoms with Crippen molar-refractivity contribution in [1.29, 1.82) is 0 Å². The van der Waals surface area contributed by atoms with E-state index in [9.17, 15) is 4.79 Å². The second-order valence-corrected chi connectivity index (χ2v) is 10.9. The molecule has 0 radical (unpaired) electrons. The summed E-state index contributed by atoms with van der Waals surface area (Å²) >= 11 is 0. The predicted molar refractivity (Wildman–Crippen MR) is 130 cm³/mol. The van der Waals surface area contributed by atoms with E-state index in [1.807, 2.05) is 12.1 Å². The molecule has 180 valence electrons. The monoisotopic (exact) mass is 462 g/mol. The van der Waals surface area contributed by atoms with Crippen LogP contribution >= 0.6 is 0 Å². The molecule has 1 aromatic heterocycles. The van der Waals surface area contributed by atoms with Crippen molar-refractivity contribution in [2.45, 2.75) is 75.5 Å². The molecule has 0 bridgehead atoms. The number of carbonyl (C=O) groups is 1. The van der Waals surface area contributed by atoms with Crippen LogP contribution in [0.2, 0.25) is 0 Å². The van der Waals surface area contributed by atoms with Gasteiger partial charge in [0.05, 0.1) is 24.4 Å². The normalized spacial score (nSPS) is 35.7. The molecule has 4 N–H and O–H groups in total. The highest BCUT2D eigenvalue weighted by Crippen LogP contribution is 2.65. The van der Waals surface area contributed by atoms with Crippen molar-refractivity contribution in [2.75, 3.05) is 17.7 Å². The first-order chi connectivity index (χ1) is 16.6. The van der Waals surface area contributed by atoms with Crippen molar-refractivity contribution < 1.29 is 9.53 Å². The van der Waals surface area contributed by atoms with Gasteiger partial charge in [0.15, 0.2) is 0 Å². The quantitative estimate of drug-likeness (QED) is 0.526. The SMILES string of the molecule is CCn1nc(C2CC2)cc1NC1NNC2CC([C@@H]3C[C@@]34C(=O)Nc3ccc(OC)cc34)CCC21. The first-order valence-corrected chi connectivity index (χ1v) is 13.0. The first-order valence-electron chi connectivity index (χ1n) is 13.0. The summed E-state index contributed by atoms with van der Waals surface area (Å²) in [5, 5.41) is 11.7. The number of ether oxygens (including phenoxy) is 1.